The second kappa shape index (κ2) is 7.98. The quantitative estimate of drug-likeness (QED) is 0.703. The third-order valence-corrected chi connectivity index (χ3v) is 5.47. The summed E-state index contributed by atoms with van der Waals surface area (Å²) in [6.45, 7) is 4.76. The fourth-order valence-electron chi connectivity index (χ4n) is 3.73. The molecule has 1 amide bonds. The maximum absolute atomic E-state index is 12.9. The number of aromatic nitrogens is 1. The van der Waals surface area contributed by atoms with Crippen molar-refractivity contribution < 1.29 is 4.79 Å². The van der Waals surface area contributed by atoms with Crippen LogP contribution in [0, 0.1) is 0 Å². The molecule has 0 N–H and O–H groups in total. The molecule has 4 rings (SSSR count). The maximum atomic E-state index is 12.9. The van der Waals surface area contributed by atoms with E-state index in [-0.39, 0.29) is 5.91 Å². The lowest BCUT2D eigenvalue weighted by Crippen LogP contribution is -2.44. The van der Waals surface area contributed by atoms with Crippen LogP contribution in [-0.4, -0.2) is 61.0 Å². The minimum absolute atomic E-state index is 0.0332. The van der Waals surface area contributed by atoms with Crippen LogP contribution in [0.2, 0.25) is 0 Å². The summed E-state index contributed by atoms with van der Waals surface area (Å²) in [5, 5.41) is 1.09. The summed E-state index contributed by atoms with van der Waals surface area (Å²) >= 11 is 0. The number of benzene rings is 2. The van der Waals surface area contributed by atoms with Gasteiger partial charge in [0.05, 0.1) is 5.52 Å². The van der Waals surface area contributed by atoms with Gasteiger partial charge in [0.2, 0.25) is 0 Å². The molecule has 0 bridgehead atoms. The molecule has 0 radical (unpaired) electrons. The lowest BCUT2D eigenvalue weighted by Gasteiger charge is -2.34. The fraction of sp³-hybridized carbons (Fsp3) is 0.304. The smallest absolute Gasteiger partial charge is 0.253 e. The number of rotatable bonds is 4. The number of piperazine rings is 1. The first-order chi connectivity index (χ1) is 13.6. The Hall–Kier alpha value is -2.92. The normalized spacial score (nSPS) is 15.0. The highest BCUT2D eigenvalue weighted by atomic mass is 16.2. The first kappa shape index (κ1) is 18.4. The zero-order chi connectivity index (χ0) is 19.5. The van der Waals surface area contributed by atoms with Crippen LogP contribution in [0.1, 0.15) is 15.9 Å². The van der Waals surface area contributed by atoms with E-state index in [9.17, 15) is 4.79 Å². The topological polar surface area (TPSA) is 39.7 Å². The number of nitrogens with zero attached hydrogens (tertiary/aromatic N) is 4. The largest absolute Gasteiger partial charge is 0.369 e. The fourth-order valence-corrected chi connectivity index (χ4v) is 3.73. The molecule has 0 unspecified atom stereocenters. The summed E-state index contributed by atoms with van der Waals surface area (Å²) < 4.78 is 0. The Morgan fingerprint density at radius 3 is 2.50 bits per heavy atom. The summed E-state index contributed by atoms with van der Waals surface area (Å²) in [5.41, 5.74) is 3.97. The molecule has 1 fully saturated rings. The molecular weight excluding hydrogens is 348 g/mol. The van der Waals surface area contributed by atoms with Crippen LogP contribution in [0.4, 0.5) is 5.69 Å². The highest BCUT2D eigenvalue weighted by molar-refractivity contribution is 5.94. The summed E-state index contributed by atoms with van der Waals surface area (Å²) in [6.07, 6.45) is 1.79. The molecule has 144 valence electrons. The molecule has 5 nitrogen and oxygen atoms in total. The molecule has 28 heavy (non-hydrogen) atoms. The average molecular weight is 374 g/mol. The molecule has 0 atom stereocenters. The number of carbonyl (C=O) groups is 1. The molecule has 2 heterocycles. The van der Waals surface area contributed by atoms with Crippen LogP contribution >= 0.6 is 0 Å². The summed E-state index contributed by atoms with van der Waals surface area (Å²) in [7, 11) is 4.01. The van der Waals surface area contributed by atoms with Crippen LogP contribution in [0.5, 0.6) is 0 Å². The molecule has 0 aliphatic carbocycles. The Labute approximate surface area is 166 Å². The monoisotopic (exact) mass is 374 g/mol. The maximum Gasteiger partial charge on any atom is 0.253 e. The van der Waals surface area contributed by atoms with E-state index >= 15 is 0 Å². The number of likely N-dealkylation sites (N-methyl/N-ethyl adjacent to an activating group) is 1. The second-order valence-corrected chi connectivity index (χ2v) is 7.49. The van der Waals surface area contributed by atoms with E-state index in [0.717, 1.165) is 48.2 Å². The minimum atomic E-state index is 0.0332. The van der Waals surface area contributed by atoms with E-state index in [1.807, 2.05) is 37.4 Å². The first-order valence-electron chi connectivity index (χ1n) is 9.73. The van der Waals surface area contributed by atoms with Crippen molar-refractivity contribution in [2.75, 3.05) is 45.2 Å². The molecule has 0 saturated carbocycles. The van der Waals surface area contributed by atoms with E-state index in [2.05, 4.69) is 46.1 Å². The molecule has 0 spiro atoms. The van der Waals surface area contributed by atoms with Crippen molar-refractivity contribution in [2.24, 2.45) is 0 Å². The van der Waals surface area contributed by atoms with Crippen molar-refractivity contribution in [1.82, 2.24) is 14.8 Å². The van der Waals surface area contributed by atoms with Gasteiger partial charge < -0.3 is 14.7 Å². The number of fused-ring (bicyclic) bond motifs is 1. The Morgan fingerprint density at radius 2 is 1.75 bits per heavy atom. The SMILES string of the molecule is CN1CCN(c2ccc(C(=O)N(C)Cc3cccc4ncccc34)cc2)CC1. The van der Waals surface area contributed by atoms with Gasteiger partial charge in [-0.15, -0.1) is 0 Å². The highest BCUT2D eigenvalue weighted by Gasteiger charge is 2.16. The van der Waals surface area contributed by atoms with Gasteiger partial charge in [-0.25, -0.2) is 0 Å². The molecular formula is C23H26N4O. The predicted octanol–water partition coefficient (Wildman–Crippen LogP) is 3.26. The van der Waals surface area contributed by atoms with E-state index in [1.165, 1.54) is 5.69 Å². The lowest BCUT2D eigenvalue weighted by molar-refractivity contribution is 0.0785. The lowest BCUT2D eigenvalue weighted by atomic mass is 10.1. The molecule has 1 aliphatic heterocycles. The van der Waals surface area contributed by atoms with Crippen LogP contribution in [-0.2, 0) is 6.54 Å². The van der Waals surface area contributed by atoms with Crippen molar-refractivity contribution in [3.63, 3.8) is 0 Å². The average Bonchev–Trinajstić information content (AvgIpc) is 2.74. The zero-order valence-corrected chi connectivity index (χ0v) is 16.5. The summed E-state index contributed by atoms with van der Waals surface area (Å²) in [5.74, 6) is 0.0332. The number of pyridine rings is 1. The van der Waals surface area contributed by atoms with Crippen LogP contribution in [0.15, 0.2) is 60.8 Å². The zero-order valence-electron chi connectivity index (χ0n) is 16.5. The number of hydrogen-bond acceptors (Lipinski definition) is 4. The van der Waals surface area contributed by atoms with Crippen LogP contribution in [0.3, 0.4) is 0 Å². The van der Waals surface area contributed by atoms with Gasteiger partial charge in [0, 0.05) is 62.6 Å². The van der Waals surface area contributed by atoms with Gasteiger partial charge >= 0.3 is 0 Å². The summed E-state index contributed by atoms with van der Waals surface area (Å²) in [4.78, 5) is 23.8. The van der Waals surface area contributed by atoms with Crippen LogP contribution < -0.4 is 4.90 Å². The van der Waals surface area contributed by atoms with Crippen molar-refractivity contribution in [3.8, 4) is 0 Å². The summed E-state index contributed by atoms with van der Waals surface area (Å²) in [6, 6.07) is 18.1. The van der Waals surface area contributed by atoms with E-state index < -0.39 is 0 Å². The van der Waals surface area contributed by atoms with Gasteiger partial charge in [-0.1, -0.05) is 18.2 Å². The molecule has 3 aromatic rings. The third-order valence-electron chi connectivity index (χ3n) is 5.47. The molecule has 1 aliphatic rings. The number of anilines is 1. The standard InChI is InChI=1S/C23H26N4O/c1-25-13-15-27(16-14-25)20-10-8-18(9-11-20)23(28)26(2)17-19-5-3-7-22-21(19)6-4-12-24-22/h3-12H,13-17H2,1-2H3. The van der Waals surface area contributed by atoms with Crippen LogP contribution in [0.25, 0.3) is 10.9 Å². The molecule has 2 aromatic carbocycles. The van der Waals surface area contributed by atoms with Gasteiger partial charge in [0.1, 0.15) is 0 Å². The number of amides is 1. The Balaban J connectivity index is 1.46. The van der Waals surface area contributed by atoms with Gasteiger partial charge in [0.25, 0.3) is 5.91 Å². The van der Waals surface area contributed by atoms with Gasteiger partial charge in [-0.2, -0.15) is 0 Å². The Morgan fingerprint density at radius 1 is 1.00 bits per heavy atom. The Kier molecular flexibility index (Phi) is 5.26. The van der Waals surface area contributed by atoms with Crippen molar-refractivity contribution >= 4 is 22.5 Å². The van der Waals surface area contributed by atoms with Gasteiger partial charge in [-0.05, 0) is 49.0 Å². The van der Waals surface area contributed by atoms with Gasteiger partial charge in [-0.3, -0.25) is 9.78 Å². The van der Waals surface area contributed by atoms with Gasteiger partial charge in [0.15, 0.2) is 0 Å². The highest BCUT2D eigenvalue weighted by Crippen LogP contribution is 2.20. The van der Waals surface area contributed by atoms with Crippen molar-refractivity contribution in [2.45, 2.75) is 6.54 Å². The third kappa shape index (κ3) is 3.85. The Bertz CT molecular complexity index is 957. The van der Waals surface area contributed by atoms with Crippen molar-refractivity contribution in [3.05, 3.63) is 71.9 Å². The first-order valence-corrected chi connectivity index (χ1v) is 9.73. The number of carbonyl (C=O) groups excluding carboxylic acids is 1. The molecule has 1 aromatic heterocycles. The second-order valence-electron chi connectivity index (χ2n) is 7.49. The number of hydrogen-bond donors (Lipinski definition) is 0. The minimum Gasteiger partial charge on any atom is -0.369 e. The van der Waals surface area contributed by atoms with E-state index in [1.54, 1.807) is 11.1 Å². The molecule has 5 heteroatoms. The van der Waals surface area contributed by atoms with Crippen molar-refractivity contribution in [1.29, 1.82) is 0 Å². The van der Waals surface area contributed by atoms with E-state index in [0.29, 0.717) is 6.54 Å². The predicted molar refractivity (Wildman–Crippen MR) is 114 cm³/mol. The van der Waals surface area contributed by atoms with E-state index in [4.69, 9.17) is 0 Å². The molecule has 1 saturated heterocycles.